The molecular formula is C16H25N3O4. The average molecular weight is 323 g/mol. The van der Waals surface area contributed by atoms with Crippen molar-refractivity contribution in [1.29, 1.82) is 0 Å². The molecule has 1 aromatic rings. The molecule has 0 unspecified atom stereocenters. The number of methoxy groups -OCH3 is 1. The first kappa shape index (κ1) is 18.9. The van der Waals surface area contributed by atoms with Gasteiger partial charge in [0.25, 0.3) is 5.91 Å². The molecule has 0 saturated heterocycles. The highest BCUT2D eigenvalue weighted by Crippen LogP contribution is 2.19. The van der Waals surface area contributed by atoms with Crippen molar-refractivity contribution in [3.63, 3.8) is 0 Å². The van der Waals surface area contributed by atoms with Gasteiger partial charge in [0.1, 0.15) is 5.69 Å². The smallest absolute Gasteiger partial charge is 0.270 e. The maximum absolute atomic E-state index is 12.4. The van der Waals surface area contributed by atoms with E-state index in [0.717, 1.165) is 6.42 Å². The number of aryl methyl sites for hydroxylation is 1. The summed E-state index contributed by atoms with van der Waals surface area (Å²) in [4.78, 5) is 40.2. The number of amides is 2. The van der Waals surface area contributed by atoms with Gasteiger partial charge in [-0.15, -0.1) is 0 Å². The summed E-state index contributed by atoms with van der Waals surface area (Å²) >= 11 is 0. The molecular weight excluding hydrogens is 298 g/mol. The van der Waals surface area contributed by atoms with E-state index < -0.39 is 0 Å². The maximum atomic E-state index is 12.4. The van der Waals surface area contributed by atoms with Crippen LogP contribution in [-0.2, 0) is 9.53 Å². The lowest BCUT2D eigenvalue weighted by Gasteiger charge is -2.16. The second kappa shape index (κ2) is 8.47. The van der Waals surface area contributed by atoms with Crippen LogP contribution in [0.3, 0.4) is 0 Å². The van der Waals surface area contributed by atoms with Gasteiger partial charge in [0.15, 0.2) is 5.78 Å². The van der Waals surface area contributed by atoms with Crippen LogP contribution in [0.1, 0.15) is 45.4 Å². The van der Waals surface area contributed by atoms with Gasteiger partial charge in [-0.3, -0.25) is 14.4 Å². The van der Waals surface area contributed by atoms with E-state index in [1.165, 1.54) is 11.8 Å². The van der Waals surface area contributed by atoms with Crippen LogP contribution in [0.15, 0.2) is 0 Å². The summed E-state index contributed by atoms with van der Waals surface area (Å²) in [7, 11) is 3.16. The molecule has 7 heteroatoms. The zero-order valence-electron chi connectivity index (χ0n) is 14.4. The number of ether oxygens (including phenoxy) is 1. The predicted octanol–water partition coefficient (Wildman–Crippen LogP) is 1.06. The van der Waals surface area contributed by atoms with Crippen LogP contribution in [0.2, 0.25) is 0 Å². The van der Waals surface area contributed by atoms with Crippen molar-refractivity contribution < 1.29 is 19.1 Å². The number of aromatic amines is 1. The highest BCUT2D eigenvalue weighted by Gasteiger charge is 2.23. The summed E-state index contributed by atoms with van der Waals surface area (Å²) in [6.45, 7) is 5.98. The molecule has 0 aromatic carbocycles. The predicted molar refractivity (Wildman–Crippen MR) is 86.7 cm³/mol. The van der Waals surface area contributed by atoms with Gasteiger partial charge < -0.3 is 19.9 Å². The summed E-state index contributed by atoms with van der Waals surface area (Å²) < 4.78 is 4.90. The fourth-order valence-electron chi connectivity index (χ4n) is 2.47. The number of ketones is 1. The topological polar surface area (TPSA) is 91.5 Å². The number of hydrogen-bond donors (Lipinski definition) is 2. The third-order valence-corrected chi connectivity index (χ3v) is 3.58. The quantitative estimate of drug-likeness (QED) is 0.553. The SMILES string of the molecule is COCCCNC(=O)CN(C)C(=O)c1[nH]c(C)c(C(C)=O)c1C. The lowest BCUT2D eigenvalue weighted by Crippen LogP contribution is -2.39. The molecule has 2 N–H and O–H groups in total. The Morgan fingerprint density at radius 3 is 2.43 bits per heavy atom. The number of carbonyl (C=O) groups excluding carboxylic acids is 3. The highest BCUT2D eigenvalue weighted by molar-refractivity contribution is 6.03. The fraction of sp³-hybridized carbons (Fsp3) is 0.562. The second-order valence-corrected chi connectivity index (χ2v) is 5.54. The Labute approximate surface area is 136 Å². The number of H-pyrrole nitrogens is 1. The Bertz CT molecular complexity index is 592. The van der Waals surface area contributed by atoms with Crippen LogP contribution in [0.4, 0.5) is 0 Å². The van der Waals surface area contributed by atoms with Crippen LogP contribution < -0.4 is 5.32 Å². The molecule has 1 rings (SSSR count). The maximum Gasteiger partial charge on any atom is 0.270 e. The van der Waals surface area contributed by atoms with E-state index >= 15 is 0 Å². The second-order valence-electron chi connectivity index (χ2n) is 5.54. The molecule has 7 nitrogen and oxygen atoms in total. The number of nitrogens with one attached hydrogen (secondary N) is 2. The zero-order valence-corrected chi connectivity index (χ0v) is 14.4. The van der Waals surface area contributed by atoms with Gasteiger partial charge in [-0.1, -0.05) is 0 Å². The van der Waals surface area contributed by atoms with Gasteiger partial charge in [0.05, 0.1) is 6.54 Å². The van der Waals surface area contributed by atoms with Gasteiger partial charge in [-0.25, -0.2) is 0 Å². The van der Waals surface area contributed by atoms with E-state index in [2.05, 4.69) is 10.3 Å². The Kier molecular flexibility index (Phi) is 6.96. The van der Waals surface area contributed by atoms with E-state index in [-0.39, 0.29) is 24.1 Å². The Balaban J connectivity index is 2.69. The van der Waals surface area contributed by atoms with Crippen molar-refractivity contribution in [3.8, 4) is 0 Å². The first-order valence-electron chi connectivity index (χ1n) is 7.50. The van der Waals surface area contributed by atoms with Crippen molar-refractivity contribution in [3.05, 3.63) is 22.5 Å². The molecule has 23 heavy (non-hydrogen) atoms. The monoisotopic (exact) mass is 323 g/mol. The lowest BCUT2D eigenvalue weighted by molar-refractivity contribution is -0.121. The third-order valence-electron chi connectivity index (χ3n) is 3.58. The van der Waals surface area contributed by atoms with Crippen molar-refractivity contribution >= 4 is 17.6 Å². The third kappa shape index (κ3) is 4.92. The van der Waals surface area contributed by atoms with Crippen molar-refractivity contribution in [2.75, 3.05) is 33.9 Å². The minimum Gasteiger partial charge on any atom is -0.385 e. The zero-order chi connectivity index (χ0) is 17.6. The van der Waals surface area contributed by atoms with Crippen molar-refractivity contribution in [2.45, 2.75) is 27.2 Å². The molecule has 0 aliphatic carbocycles. The van der Waals surface area contributed by atoms with E-state index in [4.69, 9.17) is 4.74 Å². The molecule has 0 fully saturated rings. The summed E-state index contributed by atoms with van der Waals surface area (Å²) in [5.41, 5.74) is 2.16. The average Bonchev–Trinajstić information content (AvgIpc) is 2.77. The molecule has 2 amide bonds. The normalized spacial score (nSPS) is 10.5. The molecule has 0 radical (unpaired) electrons. The van der Waals surface area contributed by atoms with Crippen LogP contribution in [0, 0.1) is 13.8 Å². The Morgan fingerprint density at radius 2 is 1.91 bits per heavy atom. The molecule has 0 aliphatic rings. The molecule has 0 saturated carbocycles. The number of nitrogens with zero attached hydrogens (tertiary/aromatic N) is 1. The van der Waals surface area contributed by atoms with Crippen LogP contribution in [0.25, 0.3) is 0 Å². The largest absolute Gasteiger partial charge is 0.385 e. The van der Waals surface area contributed by atoms with E-state index in [9.17, 15) is 14.4 Å². The standard InChI is InChI=1S/C16H25N3O4/c1-10-14(12(3)20)11(2)18-15(10)16(22)19(4)9-13(21)17-7-6-8-23-5/h18H,6-9H2,1-5H3,(H,17,21). The van der Waals surface area contributed by atoms with E-state index in [0.29, 0.717) is 35.7 Å². The Hall–Kier alpha value is -2.15. The number of aromatic nitrogens is 1. The number of rotatable bonds is 8. The molecule has 1 aromatic heterocycles. The Morgan fingerprint density at radius 1 is 1.26 bits per heavy atom. The molecule has 0 spiro atoms. The first-order valence-corrected chi connectivity index (χ1v) is 7.50. The van der Waals surface area contributed by atoms with Gasteiger partial charge in [0, 0.05) is 38.6 Å². The number of hydrogen-bond acceptors (Lipinski definition) is 4. The van der Waals surface area contributed by atoms with Gasteiger partial charge >= 0.3 is 0 Å². The van der Waals surface area contributed by atoms with E-state index in [1.807, 2.05) is 0 Å². The lowest BCUT2D eigenvalue weighted by atomic mass is 10.1. The number of likely N-dealkylation sites (N-methyl/N-ethyl adjacent to an activating group) is 1. The molecule has 0 aliphatic heterocycles. The minimum atomic E-state index is -0.315. The van der Waals surface area contributed by atoms with Crippen molar-refractivity contribution in [1.82, 2.24) is 15.2 Å². The summed E-state index contributed by atoms with van der Waals surface area (Å²) in [6, 6.07) is 0. The van der Waals surface area contributed by atoms with Gasteiger partial charge in [0.2, 0.25) is 5.91 Å². The molecule has 0 bridgehead atoms. The van der Waals surface area contributed by atoms with Gasteiger partial charge in [-0.2, -0.15) is 0 Å². The summed E-state index contributed by atoms with van der Waals surface area (Å²) in [6.07, 6.45) is 0.719. The first-order chi connectivity index (χ1) is 10.8. The molecule has 128 valence electrons. The van der Waals surface area contributed by atoms with Gasteiger partial charge in [-0.05, 0) is 32.8 Å². The fourth-order valence-corrected chi connectivity index (χ4v) is 2.47. The molecule has 0 atom stereocenters. The van der Waals surface area contributed by atoms with Crippen LogP contribution in [-0.4, -0.2) is 61.3 Å². The summed E-state index contributed by atoms with van der Waals surface area (Å²) in [5.74, 6) is -0.636. The highest BCUT2D eigenvalue weighted by atomic mass is 16.5. The minimum absolute atomic E-state index is 0.0429. The van der Waals surface area contributed by atoms with E-state index in [1.54, 1.807) is 28.0 Å². The number of Topliss-reactive ketones (excluding diaryl/α,β-unsaturated/α-hetero) is 1. The summed E-state index contributed by atoms with van der Waals surface area (Å²) in [5, 5.41) is 2.73. The number of carbonyl (C=O) groups is 3. The molecule has 1 heterocycles. The van der Waals surface area contributed by atoms with Crippen LogP contribution >= 0.6 is 0 Å². The van der Waals surface area contributed by atoms with Crippen LogP contribution in [0.5, 0.6) is 0 Å². The van der Waals surface area contributed by atoms with Crippen molar-refractivity contribution in [2.24, 2.45) is 0 Å².